The van der Waals surface area contributed by atoms with Gasteiger partial charge in [0.15, 0.2) is 0 Å². The van der Waals surface area contributed by atoms with Crippen LogP contribution in [0.5, 0.6) is 0 Å². The highest BCUT2D eigenvalue weighted by Crippen LogP contribution is 2.11. The minimum absolute atomic E-state index is 0.374. The lowest BCUT2D eigenvalue weighted by Gasteiger charge is -2.10. The molecule has 0 aliphatic rings. The van der Waals surface area contributed by atoms with E-state index in [4.69, 9.17) is 5.73 Å². The number of rotatable bonds is 4. The predicted octanol–water partition coefficient (Wildman–Crippen LogP) is 1.89. The summed E-state index contributed by atoms with van der Waals surface area (Å²) in [5, 5.41) is 3.33. The first kappa shape index (κ1) is 10.7. The smallest absolute Gasteiger partial charge is 0.0208 e. The van der Waals surface area contributed by atoms with E-state index < -0.39 is 0 Å². The molecule has 2 nitrogen and oxygen atoms in total. The van der Waals surface area contributed by atoms with Crippen molar-refractivity contribution >= 4 is 15.9 Å². The minimum atomic E-state index is 0.374. The van der Waals surface area contributed by atoms with E-state index in [1.807, 2.05) is 12.1 Å². The van der Waals surface area contributed by atoms with Gasteiger partial charge in [-0.25, -0.2) is 0 Å². The van der Waals surface area contributed by atoms with Crippen molar-refractivity contribution in [2.45, 2.75) is 19.5 Å². The number of benzene rings is 1. The molecule has 0 fully saturated rings. The van der Waals surface area contributed by atoms with Crippen molar-refractivity contribution in [3.8, 4) is 0 Å². The quantitative estimate of drug-likeness (QED) is 0.847. The maximum atomic E-state index is 5.49. The SMILES string of the molecule is C[C@@H](CN)NCc1cccc(Br)c1. The summed E-state index contributed by atoms with van der Waals surface area (Å²) >= 11 is 3.43. The minimum Gasteiger partial charge on any atom is -0.329 e. The molecule has 3 N–H and O–H groups in total. The Morgan fingerprint density at radius 2 is 2.31 bits per heavy atom. The zero-order valence-electron chi connectivity index (χ0n) is 7.76. The molecule has 13 heavy (non-hydrogen) atoms. The zero-order valence-corrected chi connectivity index (χ0v) is 9.34. The average Bonchev–Trinajstić information content (AvgIpc) is 2.14. The van der Waals surface area contributed by atoms with Crippen LogP contribution in [0.25, 0.3) is 0 Å². The van der Waals surface area contributed by atoms with Gasteiger partial charge in [-0.2, -0.15) is 0 Å². The Morgan fingerprint density at radius 1 is 1.54 bits per heavy atom. The van der Waals surface area contributed by atoms with Gasteiger partial charge >= 0.3 is 0 Å². The van der Waals surface area contributed by atoms with Crippen molar-refractivity contribution in [1.82, 2.24) is 5.32 Å². The van der Waals surface area contributed by atoms with E-state index in [2.05, 4.69) is 40.3 Å². The second-order valence-electron chi connectivity index (χ2n) is 3.15. The van der Waals surface area contributed by atoms with Gasteiger partial charge in [-0.3, -0.25) is 0 Å². The van der Waals surface area contributed by atoms with Gasteiger partial charge in [-0.05, 0) is 24.6 Å². The molecule has 0 aliphatic heterocycles. The second kappa shape index (κ2) is 5.37. The molecule has 0 aliphatic carbocycles. The number of hydrogen-bond donors (Lipinski definition) is 2. The molecule has 1 rings (SSSR count). The zero-order chi connectivity index (χ0) is 9.68. The lowest BCUT2D eigenvalue weighted by Crippen LogP contribution is -2.32. The van der Waals surface area contributed by atoms with Crippen LogP contribution in [0.2, 0.25) is 0 Å². The van der Waals surface area contributed by atoms with Crippen molar-refractivity contribution in [2.24, 2.45) is 5.73 Å². The highest BCUT2D eigenvalue weighted by molar-refractivity contribution is 9.10. The van der Waals surface area contributed by atoms with E-state index in [0.29, 0.717) is 12.6 Å². The Hall–Kier alpha value is -0.380. The molecular weight excluding hydrogens is 228 g/mol. The largest absolute Gasteiger partial charge is 0.329 e. The van der Waals surface area contributed by atoms with E-state index >= 15 is 0 Å². The summed E-state index contributed by atoms with van der Waals surface area (Å²) in [6.45, 7) is 3.63. The fraction of sp³-hybridized carbons (Fsp3) is 0.400. The lowest BCUT2D eigenvalue weighted by molar-refractivity contribution is 0.556. The molecule has 0 saturated heterocycles. The first-order valence-electron chi connectivity index (χ1n) is 4.40. The van der Waals surface area contributed by atoms with Gasteiger partial charge in [-0.15, -0.1) is 0 Å². The second-order valence-corrected chi connectivity index (χ2v) is 4.06. The molecule has 1 aromatic carbocycles. The van der Waals surface area contributed by atoms with Gasteiger partial charge in [0.1, 0.15) is 0 Å². The van der Waals surface area contributed by atoms with Crippen LogP contribution in [0, 0.1) is 0 Å². The Bertz CT molecular complexity index is 263. The lowest BCUT2D eigenvalue weighted by atomic mass is 10.2. The van der Waals surface area contributed by atoms with Crippen LogP contribution in [0.4, 0.5) is 0 Å². The van der Waals surface area contributed by atoms with E-state index in [1.54, 1.807) is 0 Å². The number of halogens is 1. The summed E-state index contributed by atoms with van der Waals surface area (Å²) < 4.78 is 1.12. The fourth-order valence-electron chi connectivity index (χ4n) is 1.02. The molecule has 72 valence electrons. The van der Waals surface area contributed by atoms with Gasteiger partial charge in [-0.1, -0.05) is 28.1 Å². The summed E-state index contributed by atoms with van der Waals surface area (Å²) in [5.41, 5.74) is 6.77. The molecular formula is C10H15BrN2. The van der Waals surface area contributed by atoms with Crippen LogP contribution >= 0.6 is 15.9 Å². The molecule has 0 radical (unpaired) electrons. The molecule has 0 amide bonds. The van der Waals surface area contributed by atoms with Crippen molar-refractivity contribution < 1.29 is 0 Å². The summed E-state index contributed by atoms with van der Waals surface area (Å²) in [5.74, 6) is 0. The van der Waals surface area contributed by atoms with Gasteiger partial charge < -0.3 is 11.1 Å². The first-order chi connectivity index (χ1) is 6.22. The molecule has 0 saturated carbocycles. The van der Waals surface area contributed by atoms with Crippen molar-refractivity contribution in [2.75, 3.05) is 6.54 Å². The van der Waals surface area contributed by atoms with Crippen LogP contribution in [-0.2, 0) is 6.54 Å². The Kier molecular flexibility index (Phi) is 4.42. The third kappa shape index (κ3) is 3.89. The highest BCUT2D eigenvalue weighted by atomic mass is 79.9. The highest BCUT2D eigenvalue weighted by Gasteiger charge is 1.98. The standard InChI is InChI=1S/C10H15BrN2/c1-8(6-12)13-7-9-3-2-4-10(11)5-9/h2-5,8,13H,6-7,12H2,1H3/t8-/m0/s1. The van der Waals surface area contributed by atoms with Gasteiger partial charge in [0.2, 0.25) is 0 Å². The van der Waals surface area contributed by atoms with Crippen LogP contribution in [0.15, 0.2) is 28.7 Å². The maximum Gasteiger partial charge on any atom is 0.0208 e. The molecule has 0 bridgehead atoms. The van der Waals surface area contributed by atoms with Gasteiger partial charge in [0, 0.05) is 23.6 Å². The van der Waals surface area contributed by atoms with Crippen molar-refractivity contribution in [3.05, 3.63) is 34.3 Å². The molecule has 0 aromatic heterocycles. The average molecular weight is 243 g/mol. The van der Waals surface area contributed by atoms with Crippen LogP contribution in [0.3, 0.4) is 0 Å². The van der Waals surface area contributed by atoms with Crippen molar-refractivity contribution in [3.63, 3.8) is 0 Å². The van der Waals surface area contributed by atoms with E-state index in [9.17, 15) is 0 Å². The molecule has 3 heteroatoms. The van der Waals surface area contributed by atoms with Crippen LogP contribution in [0.1, 0.15) is 12.5 Å². The monoisotopic (exact) mass is 242 g/mol. The number of nitrogens with one attached hydrogen (secondary N) is 1. The number of nitrogens with two attached hydrogens (primary N) is 1. The topological polar surface area (TPSA) is 38.0 Å². The summed E-state index contributed by atoms with van der Waals surface area (Å²) in [6.07, 6.45) is 0. The van der Waals surface area contributed by atoms with E-state index in [1.165, 1.54) is 5.56 Å². The third-order valence-corrected chi connectivity index (χ3v) is 2.39. The normalized spacial score (nSPS) is 12.8. The summed E-state index contributed by atoms with van der Waals surface area (Å²) in [7, 11) is 0. The van der Waals surface area contributed by atoms with Crippen molar-refractivity contribution in [1.29, 1.82) is 0 Å². The predicted molar refractivity (Wildman–Crippen MR) is 59.5 cm³/mol. The molecule has 0 unspecified atom stereocenters. The molecule has 1 aromatic rings. The third-order valence-electron chi connectivity index (χ3n) is 1.90. The Labute approximate surface area is 87.6 Å². The maximum absolute atomic E-state index is 5.49. The molecule has 0 heterocycles. The molecule has 0 spiro atoms. The van der Waals surface area contributed by atoms with E-state index in [-0.39, 0.29) is 0 Å². The summed E-state index contributed by atoms with van der Waals surface area (Å²) in [6, 6.07) is 8.64. The van der Waals surface area contributed by atoms with Gasteiger partial charge in [0.25, 0.3) is 0 Å². The first-order valence-corrected chi connectivity index (χ1v) is 5.19. The number of hydrogen-bond acceptors (Lipinski definition) is 2. The van der Waals surface area contributed by atoms with Crippen LogP contribution in [-0.4, -0.2) is 12.6 Å². The Morgan fingerprint density at radius 3 is 2.92 bits per heavy atom. The molecule has 1 atom stereocenters. The summed E-state index contributed by atoms with van der Waals surface area (Å²) in [4.78, 5) is 0. The fourth-order valence-corrected chi connectivity index (χ4v) is 1.47. The van der Waals surface area contributed by atoms with Gasteiger partial charge in [0.05, 0.1) is 0 Å². The Balaban J connectivity index is 2.45. The van der Waals surface area contributed by atoms with Crippen LogP contribution < -0.4 is 11.1 Å². The van der Waals surface area contributed by atoms with E-state index in [0.717, 1.165) is 11.0 Å².